The Bertz CT molecular complexity index is 1500. The molecule has 51 heavy (non-hydrogen) atoms. The van der Waals surface area contributed by atoms with Crippen molar-refractivity contribution in [2.75, 3.05) is 31.5 Å². The number of para-hydroxylation sites is 1. The summed E-state index contributed by atoms with van der Waals surface area (Å²) >= 11 is 0. The number of hydrogen-bond acceptors (Lipinski definition) is 8. The maximum atomic E-state index is 16.8. The molecule has 1 aromatic rings. The molecule has 0 aromatic heterocycles. The molecule has 10 nitrogen and oxygen atoms in total. The molecule has 0 bridgehead atoms. The van der Waals surface area contributed by atoms with Crippen molar-refractivity contribution in [3.05, 3.63) is 42.1 Å². The van der Waals surface area contributed by atoms with E-state index < -0.39 is 35.9 Å². The molecule has 8 rings (SSSR count). The standard InChI is InChI=1S/C40H56FN5O5/c1-40(2,3)51-39(49)43-27-15-17-44(22-27)35-31(41)20-29-34-37(35)50-33-19-25-11-8-7-10-24(25)18-32(33)46(34)23-30(36(29)47)38(48)45-16-9-14-28(45)21-42-26-12-5-4-6-13-26/h4-6,12-13,23-25,27-29,31-35,37,42H,7-11,14-22H2,1-3H3,(H,43,49)/t24?,25?,27?,28-,29?,31?,32?,33?,34?,35?,37?/m0/s1. The molecule has 11 atom stereocenters. The fraction of sp³-hybridized carbons (Fsp3) is 0.725. The lowest BCUT2D eigenvalue weighted by Crippen LogP contribution is -2.73. The van der Waals surface area contributed by atoms with Gasteiger partial charge in [0.15, 0.2) is 5.78 Å². The lowest BCUT2D eigenvalue weighted by molar-refractivity contribution is -0.219. The van der Waals surface area contributed by atoms with Crippen LogP contribution in [0.4, 0.5) is 14.9 Å². The summed E-state index contributed by atoms with van der Waals surface area (Å²) in [4.78, 5) is 47.9. The van der Waals surface area contributed by atoms with Crippen molar-refractivity contribution in [3.63, 3.8) is 0 Å². The van der Waals surface area contributed by atoms with Gasteiger partial charge in [0.2, 0.25) is 0 Å². The summed E-state index contributed by atoms with van der Waals surface area (Å²) in [5.74, 6) is 0.131. The third-order valence-corrected chi connectivity index (χ3v) is 13.0. The van der Waals surface area contributed by atoms with Crippen molar-refractivity contribution in [1.29, 1.82) is 0 Å². The number of ether oxygens (including phenoxy) is 2. The topological polar surface area (TPSA) is 103 Å². The van der Waals surface area contributed by atoms with Crippen LogP contribution in [0.5, 0.6) is 0 Å². The second kappa shape index (κ2) is 14.0. The van der Waals surface area contributed by atoms with Crippen molar-refractivity contribution < 1.29 is 28.2 Å². The molecule has 3 saturated heterocycles. The SMILES string of the molecule is CC(C)(C)OC(=O)NC1CCN(C2C(F)CC3C(=O)C(C(=O)N4CCC[C@H]4CNc4ccccc4)=CN4C5CC6CCCCC6CC5OC2C34)C1. The number of nitrogens with one attached hydrogen (secondary N) is 2. The molecule has 1 aromatic carbocycles. The van der Waals surface area contributed by atoms with Gasteiger partial charge in [-0.25, -0.2) is 9.18 Å². The minimum Gasteiger partial charge on any atom is -0.444 e. The van der Waals surface area contributed by atoms with E-state index in [4.69, 9.17) is 9.47 Å². The summed E-state index contributed by atoms with van der Waals surface area (Å²) in [6.45, 7) is 7.87. The van der Waals surface area contributed by atoms with Crippen LogP contribution >= 0.6 is 0 Å². The average Bonchev–Trinajstić information content (AvgIpc) is 3.76. The summed E-state index contributed by atoms with van der Waals surface area (Å²) in [7, 11) is 0. The van der Waals surface area contributed by atoms with E-state index in [0.29, 0.717) is 44.4 Å². The van der Waals surface area contributed by atoms with Crippen molar-refractivity contribution in [2.24, 2.45) is 17.8 Å². The molecule has 6 fully saturated rings. The van der Waals surface area contributed by atoms with Crippen LogP contribution in [0.15, 0.2) is 42.1 Å². The number of benzene rings is 1. The number of amides is 2. The number of anilines is 1. The van der Waals surface area contributed by atoms with Gasteiger partial charge in [0.25, 0.3) is 5.91 Å². The van der Waals surface area contributed by atoms with E-state index in [0.717, 1.165) is 31.4 Å². The van der Waals surface area contributed by atoms with E-state index in [9.17, 15) is 14.4 Å². The highest BCUT2D eigenvalue weighted by atomic mass is 19.1. The Kier molecular flexibility index (Phi) is 9.57. The number of carbonyl (C=O) groups excluding carboxylic acids is 3. The molecule has 7 aliphatic rings. The Balaban J connectivity index is 1.06. The number of halogens is 1. The molecule has 0 spiro atoms. The van der Waals surface area contributed by atoms with Crippen LogP contribution in [0, 0.1) is 17.8 Å². The largest absolute Gasteiger partial charge is 0.444 e. The first-order valence-electron chi connectivity index (χ1n) is 19.7. The summed E-state index contributed by atoms with van der Waals surface area (Å²) in [6.07, 6.45) is 8.92. The van der Waals surface area contributed by atoms with Crippen LogP contribution in [0.1, 0.15) is 85.0 Å². The monoisotopic (exact) mass is 705 g/mol. The zero-order valence-electron chi connectivity index (χ0n) is 30.5. The summed E-state index contributed by atoms with van der Waals surface area (Å²) in [5, 5.41) is 6.47. The predicted octanol–water partition coefficient (Wildman–Crippen LogP) is 5.29. The third kappa shape index (κ3) is 6.89. The Morgan fingerprint density at radius 3 is 2.49 bits per heavy atom. The van der Waals surface area contributed by atoms with Gasteiger partial charge >= 0.3 is 6.09 Å². The van der Waals surface area contributed by atoms with Crippen LogP contribution in [-0.4, -0.2) is 113 Å². The minimum atomic E-state index is -1.30. The summed E-state index contributed by atoms with van der Waals surface area (Å²) in [5.41, 5.74) is 0.627. The highest BCUT2D eigenvalue weighted by Crippen LogP contribution is 2.51. The van der Waals surface area contributed by atoms with Gasteiger partial charge in [-0.15, -0.1) is 0 Å². The van der Waals surface area contributed by atoms with Crippen molar-refractivity contribution in [1.82, 2.24) is 20.0 Å². The predicted molar refractivity (Wildman–Crippen MR) is 192 cm³/mol. The number of ketones is 1. The normalized spacial score (nSPS) is 37.9. The number of alkyl halides is 1. The van der Waals surface area contributed by atoms with Crippen LogP contribution in [-0.2, 0) is 19.1 Å². The van der Waals surface area contributed by atoms with Gasteiger partial charge in [-0.2, -0.15) is 0 Å². The van der Waals surface area contributed by atoms with Crippen LogP contribution in [0.2, 0.25) is 0 Å². The minimum absolute atomic E-state index is 0.0194. The molecule has 4 aliphatic heterocycles. The lowest BCUT2D eigenvalue weighted by Gasteiger charge is -2.61. The molecule has 10 unspecified atom stereocenters. The molecule has 11 heteroatoms. The maximum Gasteiger partial charge on any atom is 0.407 e. The summed E-state index contributed by atoms with van der Waals surface area (Å²) in [6, 6.07) is 9.03. The molecule has 3 aliphatic carbocycles. The molecular weight excluding hydrogens is 649 g/mol. The second-order valence-electron chi connectivity index (χ2n) is 17.3. The van der Waals surface area contributed by atoms with Crippen molar-refractivity contribution in [2.45, 2.75) is 139 Å². The number of carbonyl (C=O) groups is 3. The number of alkyl carbamates (subject to hydrolysis) is 1. The van der Waals surface area contributed by atoms with Gasteiger partial charge in [-0.3, -0.25) is 14.5 Å². The van der Waals surface area contributed by atoms with Gasteiger partial charge < -0.3 is 29.9 Å². The molecule has 3 saturated carbocycles. The van der Waals surface area contributed by atoms with Gasteiger partial charge in [0.05, 0.1) is 35.9 Å². The fourth-order valence-electron chi connectivity index (χ4n) is 10.8. The summed E-state index contributed by atoms with van der Waals surface area (Å²) < 4.78 is 29.3. The fourth-order valence-corrected chi connectivity index (χ4v) is 10.8. The first kappa shape index (κ1) is 34.9. The molecule has 0 radical (unpaired) electrons. The van der Waals surface area contributed by atoms with E-state index in [1.165, 1.54) is 25.7 Å². The molecule has 2 N–H and O–H groups in total. The van der Waals surface area contributed by atoms with Gasteiger partial charge in [-0.1, -0.05) is 43.9 Å². The van der Waals surface area contributed by atoms with E-state index >= 15 is 4.39 Å². The van der Waals surface area contributed by atoms with E-state index in [2.05, 4.69) is 20.4 Å². The number of nitrogens with zero attached hydrogens (tertiary/aromatic N) is 3. The van der Waals surface area contributed by atoms with Gasteiger partial charge in [0, 0.05) is 56.1 Å². The first-order chi connectivity index (χ1) is 24.5. The molecule has 4 heterocycles. The Morgan fingerprint density at radius 2 is 1.73 bits per heavy atom. The van der Waals surface area contributed by atoms with Gasteiger partial charge in [-0.05, 0) is 83.3 Å². The van der Waals surface area contributed by atoms with Crippen molar-refractivity contribution >= 4 is 23.5 Å². The highest BCUT2D eigenvalue weighted by Gasteiger charge is 2.61. The second-order valence-corrected chi connectivity index (χ2v) is 17.3. The van der Waals surface area contributed by atoms with E-state index in [1.807, 2.05) is 62.2 Å². The number of morpholine rings is 1. The van der Waals surface area contributed by atoms with E-state index in [-0.39, 0.29) is 54.0 Å². The average molecular weight is 706 g/mol. The van der Waals surface area contributed by atoms with Crippen LogP contribution in [0.25, 0.3) is 0 Å². The number of hydrogen-bond donors (Lipinski definition) is 2. The number of fused-ring (bicyclic) bond motifs is 3. The molecular formula is C40H56FN5O5. The quantitative estimate of drug-likeness (QED) is 0.386. The Hall–Kier alpha value is -3.18. The van der Waals surface area contributed by atoms with E-state index in [1.54, 1.807) is 0 Å². The first-order valence-corrected chi connectivity index (χ1v) is 19.7. The smallest absolute Gasteiger partial charge is 0.407 e. The van der Waals surface area contributed by atoms with Gasteiger partial charge in [0.1, 0.15) is 11.8 Å². The lowest BCUT2D eigenvalue weighted by atomic mass is 9.64. The zero-order chi connectivity index (χ0) is 35.4. The highest BCUT2D eigenvalue weighted by molar-refractivity contribution is 6.20. The van der Waals surface area contributed by atoms with Crippen LogP contribution < -0.4 is 10.6 Å². The Morgan fingerprint density at radius 1 is 0.961 bits per heavy atom. The Labute approximate surface area is 301 Å². The number of rotatable bonds is 6. The van der Waals surface area contributed by atoms with Crippen LogP contribution in [0.3, 0.4) is 0 Å². The number of Topliss-reactive ketones (excluding diaryl/α,β-unsaturated/α-hetero) is 1. The third-order valence-electron chi connectivity index (χ3n) is 13.0. The zero-order valence-corrected chi connectivity index (χ0v) is 30.5. The maximum absolute atomic E-state index is 16.8. The number of likely N-dealkylation sites (tertiary alicyclic amines) is 2. The molecule has 2 amide bonds. The molecule has 278 valence electrons. The van der Waals surface area contributed by atoms with Crippen molar-refractivity contribution in [3.8, 4) is 0 Å².